The van der Waals surface area contributed by atoms with E-state index in [2.05, 4.69) is 31.0 Å². The molecule has 1 saturated heterocycles. The van der Waals surface area contributed by atoms with Gasteiger partial charge < -0.3 is 15.0 Å². The second-order valence-electron chi connectivity index (χ2n) is 8.13. The third-order valence-electron chi connectivity index (χ3n) is 5.67. The number of morpholine rings is 1. The maximum Gasteiger partial charge on any atom is 0.418 e. The molecule has 8 heteroatoms. The van der Waals surface area contributed by atoms with Gasteiger partial charge in [0, 0.05) is 36.9 Å². The quantitative estimate of drug-likeness (QED) is 0.644. The molecule has 1 aliphatic heterocycles. The van der Waals surface area contributed by atoms with Gasteiger partial charge in [0.2, 0.25) is 0 Å². The monoisotopic (exact) mass is 449 g/mol. The van der Waals surface area contributed by atoms with Crippen LogP contribution >= 0.6 is 0 Å². The fourth-order valence-electron chi connectivity index (χ4n) is 3.74. The molecule has 0 bridgehead atoms. The van der Waals surface area contributed by atoms with Crippen LogP contribution < -0.4 is 10.2 Å². The third-order valence-corrected chi connectivity index (χ3v) is 5.67. The Balaban J connectivity index is 1.76. The zero-order chi connectivity index (χ0) is 23.3. The molecule has 1 aliphatic rings. The smallest absolute Gasteiger partial charge is 0.378 e. The molecule has 1 N–H and O–H groups in total. The van der Waals surface area contributed by atoms with Crippen molar-refractivity contribution in [2.45, 2.75) is 39.5 Å². The molecule has 2 aromatic carbocycles. The summed E-state index contributed by atoms with van der Waals surface area (Å²) in [4.78, 5) is 16.8. The predicted octanol–water partition coefficient (Wildman–Crippen LogP) is 5.02. The molecule has 0 radical (unpaired) electrons. The second-order valence-corrected chi connectivity index (χ2v) is 8.13. The zero-order valence-electron chi connectivity index (χ0n) is 18.7. The maximum atomic E-state index is 13.7. The molecular formula is C24H30F3N3O2. The summed E-state index contributed by atoms with van der Waals surface area (Å²) in [5, 5.41) is 2.44. The molecule has 0 saturated carbocycles. The van der Waals surface area contributed by atoms with Crippen molar-refractivity contribution in [1.82, 2.24) is 4.90 Å². The van der Waals surface area contributed by atoms with E-state index in [0.29, 0.717) is 43.6 Å². The lowest BCUT2D eigenvalue weighted by Gasteiger charge is -2.29. The van der Waals surface area contributed by atoms with Gasteiger partial charge >= 0.3 is 6.18 Å². The number of amides is 1. The number of hydrogen-bond acceptors (Lipinski definition) is 4. The number of carbonyl (C=O) groups is 1. The van der Waals surface area contributed by atoms with Crippen LogP contribution in [0.4, 0.5) is 24.5 Å². The van der Waals surface area contributed by atoms with Gasteiger partial charge in [0.1, 0.15) is 0 Å². The summed E-state index contributed by atoms with van der Waals surface area (Å²) in [7, 11) is 0. The summed E-state index contributed by atoms with van der Waals surface area (Å²) in [6, 6.07) is 11.4. The van der Waals surface area contributed by atoms with E-state index in [1.54, 1.807) is 18.2 Å². The number of carbonyl (C=O) groups excluding carboxylic acids is 1. The van der Waals surface area contributed by atoms with Crippen LogP contribution in [0.15, 0.2) is 42.5 Å². The van der Waals surface area contributed by atoms with Crippen LogP contribution in [-0.2, 0) is 17.5 Å². The van der Waals surface area contributed by atoms with E-state index in [1.807, 2.05) is 17.0 Å². The molecule has 0 unspecified atom stereocenters. The highest BCUT2D eigenvalue weighted by Gasteiger charge is 2.35. The molecule has 32 heavy (non-hydrogen) atoms. The van der Waals surface area contributed by atoms with Gasteiger partial charge in [-0.3, -0.25) is 9.69 Å². The number of nitrogens with zero attached hydrogens (tertiary/aromatic N) is 2. The van der Waals surface area contributed by atoms with Gasteiger partial charge in [-0.05, 0) is 56.3 Å². The van der Waals surface area contributed by atoms with Crippen molar-refractivity contribution in [2.75, 3.05) is 43.1 Å². The minimum absolute atomic E-state index is 0.249. The highest BCUT2D eigenvalue weighted by molar-refractivity contribution is 6.04. The van der Waals surface area contributed by atoms with Crippen LogP contribution in [0.3, 0.4) is 0 Å². The number of hydrogen-bond donors (Lipinski definition) is 1. The normalized spacial score (nSPS) is 14.8. The average Bonchev–Trinajstić information content (AvgIpc) is 2.77. The molecule has 1 heterocycles. The maximum absolute atomic E-state index is 13.7. The van der Waals surface area contributed by atoms with Gasteiger partial charge in [-0.15, -0.1) is 0 Å². The summed E-state index contributed by atoms with van der Waals surface area (Å²) in [6.45, 7) is 9.99. The average molecular weight is 450 g/mol. The minimum atomic E-state index is -4.59. The second kappa shape index (κ2) is 10.4. The van der Waals surface area contributed by atoms with Crippen molar-refractivity contribution in [3.63, 3.8) is 0 Å². The highest BCUT2D eigenvalue weighted by atomic mass is 19.4. The Kier molecular flexibility index (Phi) is 7.79. The molecule has 1 amide bonds. The van der Waals surface area contributed by atoms with Crippen molar-refractivity contribution < 1.29 is 22.7 Å². The van der Waals surface area contributed by atoms with Gasteiger partial charge in [-0.1, -0.05) is 19.1 Å². The molecule has 2 aromatic rings. The van der Waals surface area contributed by atoms with E-state index in [0.717, 1.165) is 24.7 Å². The van der Waals surface area contributed by atoms with Gasteiger partial charge in [-0.25, -0.2) is 0 Å². The lowest BCUT2D eigenvalue weighted by Crippen LogP contribution is -2.36. The SMILES string of the molecule is CCN(Cc1ccc(C(=O)Nc2ccc(N3CCOCC3)cc2C(F)(F)F)cc1)C(C)C. The number of ether oxygens (including phenoxy) is 1. The number of benzene rings is 2. The first-order valence-corrected chi connectivity index (χ1v) is 10.9. The molecule has 5 nitrogen and oxygen atoms in total. The molecular weight excluding hydrogens is 419 g/mol. The minimum Gasteiger partial charge on any atom is -0.378 e. The van der Waals surface area contributed by atoms with Crippen molar-refractivity contribution in [3.05, 3.63) is 59.2 Å². The zero-order valence-corrected chi connectivity index (χ0v) is 18.7. The summed E-state index contributed by atoms with van der Waals surface area (Å²) in [6.07, 6.45) is -4.59. The van der Waals surface area contributed by atoms with Crippen LogP contribution in [0, 0.1) is 0 Å². The third kappa shape index (κ3) is 6.01. The predicted molar refractivity (Wildman–Crippen MR) is 120 cm³/mol. The van der Waals surface area contributed by atoms with E-state index in [4.69, 9.17) is 4.74 Å². The number of alkyl halides is 3. The van der Waals surface area contributed by atoms with Crippen molar-refractivity contribution in [1.29, 1.82) is 0 Å². The highest BCUT2D eigenvalue weighted by Crippen LogP contribution is 2.37. The lowest BCUT2D eigenvalue weighted by molar-refractivity contribution is -0.136. The first-order valence-electron chi connectivity index (χ1n) is 10.9. The Morgan fingerprint density at radius 3 is 2.34 bits per heavy atom. The summed E-state index contributed by atoms with van der Waals surface area (Å²) >= 11 is 0. The Morgan fingerprint density at radius 1 is 1.12 bits per heavy atom. The fraction of sp³-hybridized carbons (Fsp3) is 0.458. The molecule has 0 spiro atoms. The van der Waals surface area contributed by atoms with Crippen molar-refractivity contribution in [3.8, 4) is 0 Å². The van der Waals surface area contributed by atoms with Crippen LogP contribution in [0.25, 0.3) is 0 Å². The van der Waals surface area contributed by atoms with Crippen LogP contribution in [-0.4, -0.2) is 49.7 Å². The number of nitrogens with one attached hydrogen (secondary N) is 1. The van der Waals surface area contributed by atoms with Crippen LogP contribution in [0.2, 0.25) is 0 Å². The lowest BCUT2D eigenvalue weighted by atomic mass is 10.1. The number of halogens is 3. The Morgan fingerprint density at radius 2 is 1.78 bits per heavy atom. The van der Waals surface area contributed by atoms with E-state index >= 15 is 0 Å². The van der Waals surface area contributed by atoms with Gasteiger partial charge in [0.15, 0.2) is 0 Å². The largest absolute Gasteiger partial charge is 0.418 e. The summed E-state index contributed by atoms with van der Waals surface area (Å²) in [5.74, 6) is -0.572. The van der Waals surface area contributed by atoms with Gasteiger partial charge in [0.05, 0.1) is 24.5 Å². The first-order chi connectivity index (χ1) is 15.2. The fourth-order valence-corrected chi connectivity index (χ4v) is 3.74. The van der Waals surface area contributed by atoms with Crippen molar-refractivity contribution >= 4 is 17.3 Å². The van der Waals surface area contributed by atoms with Gasteiger partial charge in [0.25, 0.3) is 5.91 Å². The number of rotatable bonds is 7. The molecule has 3 rings (SSSR count). The topological polar surface area (TPSA) is 44.8 Å². The van der Waals surface area contributed by atoms with Crippen molar-refractivity contribution in [2.24, 2.45) is 0 Å². The van der Waals surface area contributed by atoms with E-state index in [9.17, 15) is 18.0 Å². The van der Waals surface area contributed by atoms with Gasteiger partial charge in [-0.2, -0.15) is 13.2 Å². The Labute approximate surface area is 187 Å². The Bertz CT molecular complexity index is 908. The first kappa shape index (κ1) is 24.1. The number of anilines is 2. The van der Waals surface area contributed by atoms with E-state index in [-0.39, 0.29) is 5.69 Å². The Hall–Kier alpha value is -2.58. The molecule has 174 valence electrons. The standard InChI is InChI=1S/C24H30F3N3O2/c1-4-29(17(2)3)16-18-5-7-19(8-6-18)23(31)28-22-10-9-20(15-21(22)24(25,26)27)30-11-13-32-14-12-30/h5-10,15,17H,4,11-14,16H2,1-3H3,(H,28,31). The van der Waals surface area contributed by atoms with Crippen LogP contribution in [0.1, 0.15) is 42.3 Å². The van der Waals surface area contributed by atoms with Crippen LogP contribution in [0.5, 0.6) is 0 Å². The molecule has 1 fully saturated rings. The molecule has 0 aromatic heterocycles. The summed E-state index contributed by atoms with van der Waals surface area (Å²) < 4.78 is 46.4. The molecule has 0 aliphatic carbocycles. The van der Waals surface area contributed by atoms with E-state index < -0.39 is 17.6 Å². The summed E-state index contributed by atoms with van der Waals surface area (Å²) in [5.41, 5.74) is 0.714. The molecule has 0 atom stereocenters. The van der Waals surface area contributed by atoms with E-state index in [1.165, 1.54) is 6.07 Å².